The van der Waals surface area contributed by atoms with Crippen LogP contribution >= 0.6 is 11.8 Å². The molecule has 0 aromatic heterocycles. The molecule has 3 aromatic carbocycles. The number of ether oxygens (including phenoxy) is 2. The minimum Gasteiger partial charge on any atom is -0.497 e. The number of urea groups is 1. The van der Waals surface area contributed by atoms with Crippen molar-refractivity contribution in [2.75, 3.05) is 36.7 Å². The first kappa shape index (κ1) is 23.0. The molecule has 0 unspecified atom stereocenters. The number of anilines is 2. The number of benzene rings is 3. The van der Waals surface area contributed by atoms with Crippen LogP contribution in [-0.2, 0) is 16.2 Å². The maximum atomic E-state index is 14.1. The Morgan fingerprint density at radius 3 is 2.54 bits per heavy atom. The zero-order valence-corrected chi connectivity index (χ0v) is 20.1. The van der Waals surface area contributed by atoms with Gasteiger partial charge in [-0.3, -0.25) is 9.69 Å². The Labute approximate surface area is 206 Å². The lowest BCUT2D eigenvalue weighted by atomic mass is 10.1. The molecule has 2 heterocycles. The van der Waals surface area contributed by atoms with Gasteiger partial charge in [0.05, 0.1) is 26.5 Å². The lowest BCUT2D eigenvalue weighted by molar-refractivity contribution is -0.123. The third-order valence-corrected chi connectivity index (χ3v) is 7.64. The highest BCUT2D eigenvalue weighted by molar-refractivity contribution is 8.01. The Morgan fingerprint density at radius 2 is 1.80 bits per heavy atom. The van der Waals surface area contributed by atoms with E-state index in [1.54, 1.807) is 24.0 Å². The molecular weight excluding hydrogens is 469 g/mol. The standard InChI is InChI=1S/C26H24FN3O4S/c1-33-20-5-3-4-17(14-20)16-29-23-11-10-21(34-2)15-22(23)26(24(29)31)30(12-13-35-26)25(32)28-19-8-6-18(27)7-9-19/h3-11,14-15H,12-13,16H2,1-2H3,(H,28,32)/t26-/m1/s1. The number of hydrogen-bond donors (Lipinski definition) is 1. The minimum absolute atomic E-state index is 0.194. The van der Waals surface area contributed by atoms with Crippen molar-refractivity contribution in [3.63, 3.8) is 0 Å². The van der Waals surface area contributed by atoms with E-state index in [4.69, 9.17) is 9.47 Å². The number of carbonyl (C=O) groups excluding carboxylic acids is 2. The number of thioether (sulfide) groups is 1. The molecule has 0 radical (unpaired) electrons. The highest BCUT2D eigenvalue weighted by Gasteiger charge is 2.59. The molecule has 1 N–H and O–H groups in total. The molecule has 180 valence electrons. The number of halogens is 1. The van der Waals surface area contributed by atoms with Crippen molar-refractivity contribution >= 4 is 35.1 Å². The quantitative estimate of drug-likeness (QED) is 0.552. The van der Waals surface area contributed by atoms with Crippen LogP contribution in [0.25, 0.3) is 0 Å². The van der Waals surface area contributed by atoms with Gasteiger partial charge in [0.15, 0.2) is 4.87 Å². The fourth-order valence-corrected chi connectivity index (χ4v) is 6.01. The Balaban J connectivity index is 1.53. The number of rotatable bonds is 5. The number of nitrogens with one attached hydrogen (secondary N) is 1. The predicted octanol–water partition coefficient (Wildman–Crippen LogP) is 4.82. The van der Waals surface area contributed by atoms with E-state index in [1.165, 1.54) is 36.0 Å². The summed E-state index contributed by atoms with van der Waals surface area (Å²) in [6.07, 6.45) is 0. The monoisotopic (exact) mass is 493 g/mol. The maximum absolute atomic E-state index is 14.1. The van der Waals surface area contributed by atoms with Crippen LogP contribution in [0.3, 0.4) is 0 Å². The smallest absolute Gasteiger partial charge is 0.323 e. The van der Waals surface area contributed by atoms with Crippen molar-refractivity contribution in [2.45, 2.75) is 11.4 Å². The van der Waals surface area contributed by atoms with Crippen LogP contribution < -0.4 is 19.7 Å². The van der Waals surface area contributed by atoms with Crippen molar-refractivity contribution < 1.29 is 23.5 Å². The van der Waals surface area contributed by atoms with Gasteiger partial charge in [0.25, 0.3) is 5.91 Å². The van der Waals surface area contributed by atoms with Crippen LogP contribution in [-0.4, -0.2) is 43.4 Å². The number of amides is 3. The summed E-state index contributed by atoms with van der Waals surface area (Å²) in [4.78, 5) is 29.6. The van der Waals surface area contributed by atoms with Gasteiger partial charge < -0.3 is 19.7 Å². The zero-order valence-electron chi connectivity index (χ0n) is 19.3. The highest BCUT2D eigenvalue weighted by atomic mass is 32.2. The van der Waals surface area contributed by atoms with E-state index in [2.05, 4.69) is 5.32 Å². The fourth-order valence-electron chi connectivity index (χ4n) is 4.56. The van der Waals surface area contributed by atoms with Gasteiger partial charge >= 0.3 is 6.03 Å². The predicted molar refractivity (Wildman–Crippen MR) is 133 cm³/mol. The summed E-state index contributed by atoms with van der Waals surface area (Å²) < 4.78 is 24.1. The molecule has 3 amide bonds. The normalized spacial score (nSPS) is 18.7. The van der Waals surface area contributed by atoms with Gasteiger partial charge in [-0.05, 0) is 60.2 Å². The molecule has 1 fully saturated rings. The number of nitrogens with zero attached hydrogens (tertiary/aromatic N) is 2. The van der Waals surface area contributed by atoms with Crippen LogP contribution in [0.15, 0.2) is 66.7 Å². The van der Waals surface area contributed by atoms with Gasteiger partial charge in [-0.25, -0.2) is 9.18 Å². The van der Waals surface area contributed by atoms with Crippen LogP contribution in [0.2, 0.25) is 0 Å². The fraction of sp³-hybridized carbons (Fsp3) is 0.231. The van der Waals surface area contributed by atoms with Gasteiger partial charge in [-0.2, -0.15) is 0 Å². The Bertz CT molecular complexity index is 1290. The molecule has 7 nitrogen and oxygen atoms in total. The van der Waals surface area contributed by atoms with Gasteiger partial charge in [0, 0.05) is 23.5 Å². The number of hydrogen-bond acceptors (Lipinski definition) is 5. The van der Waals surface area contributed by atoms with E-state index < -0.39 is 16.7 Å². The van der Waals surface area contributed by atoms with Crippen molar-refractivity contribution in [1.82, 2.24) is 4.90 Å². The molecular formula is C26H24FN3O4S. The highest BCUT2D eigenvalue weighted by Crippen LogP contribution is 2.55. The van der Waals surface area contributed by atoms with Crippen molar-refractivity contribution in [3.8, 4) is 11.5 Å². The molecule has 1 saturated heterocycles. The second-order valence-corrected chi connectivity index (χ2v) is 9.49. The summed E-state index contributed by atoms with van der Waals surface area (Å²) in [5.41, 5.74) is 2.80. The van der Waals surface area contributed by atoms with Gasteiger partial charge in [-0.1, -0.05) is 12.1 Å². The molecule has 3 aromatic rings. The van der Waals surface area contributed by atoms with E-state index in [1.807, 2.05) is 42.5 Å². The van der Waals surface area contributed by atoms with E-state index >= 15 is 0 Å². The molecule has 0 bridgehead atoms. The van der Waals surface area contributed by atoms with Gasteiger partial charge in [0.1, 0.15) is 17.3 Å². The molecule has 9 heteroatoms. The van der Waals surface area contributed by atoms with E-state index in [-0.39, 0.29) is 5.91 Å². The Kier molecular flexibility index (Phi) is 6.02. The van der Waals surface area contributed by atoms with E-state index in [0.717, 1.165) is 11.3 Å². The van der Waals surface area contributed by atoms with E-state index in [0.29, 0.717) is 41.6 Å². The first-order chi connectivity index (χ1) is 17.0. The zero-order chi connectivity index (χ0) is 24.6. The lowest BCUT2D eigenvalue weighted by Crippen LogP contribution is -2.51. The lowest BCUT2D eigenvalue weighted by Gasteiger charge is -2.33. The average Bonchev–Trinajstić information content (AvgIpc) is 3.42. The first-order valence-corrected chi connectivity index (χ1v) is 12.1. The number of fused-ring (bicyclic) bond motifs is 2. The third-order valence-electron chi connectivity index (χ3n) is 6.22. The molecule has 35 heavy (non-hydrogen) atoms. The average molecular weight is 494 g/mol. The second kappa shape index (κ2) is 9.14. The largest absolute Gasteiger partial charge is 0.497 e. The molecule has 1 atom stereocenters. The van der Waals surface area contributed by atoms with E-state index in [9.17, 15) is 14.0 Å². The van der Waals surface area contributed by atoms with Crippen molar-refractivity contribution in [3.05, 3.63) is 83.7 Å². The Morgan fingerprint density at radius 1 is 1.06 bits per heavy atom. The topological polar surface area (TPSA) is 71.1 Å². The van der Waals surface area contributed by atoms with Crippen LogP contribution in [0.1, 0.15) is 11.1 Å². The van der Waals surface area contributed by atoms with Crippen LogP contribution in [0.4, 0.5) is 20.6 Å². The Hall–Kier alpha value is -3.72. The summed E-state index contributed by atoms with van der Waals surface area (Å²) in [6, 6.07) is 18.2. The van der Waals surface area contributed by atoms with Crippen LogP contribution in [0.5, 0.6) is 11.5 Å². The van der Waals surface area contributed by atoms with Gasteiger partial charge in [-0.15, -0.1) is 11.8 Å². The molecule has 2 aliphatic heterocycles. The SMILES string of the molecule is COc1cccc(CN2C(=O)[C@]3(SCCN3C(=O)Nc3ccc(F)cc3)c3cc(OC)ccc32)c1. The third kappa shape index (κ3) is 3.95. The summed E-state index contributed by atoms with van der Waals surface area (Å²) in [5.74, 6) is 1.31. The summed E-state index contributed by atoms with van der Waals surface area (Å²) in [7, 11) is 3.17. The van der Waals surface area contributed by atoms with Crippen molar-refractivity contribution in [2.24, 2.45) is 0 Å². The summed E-state index contributed by atoms with van der Waals surface area (Å²) >= 11 is 1.43. The number of methoxy groups -OCH3 is 2. The van der Waals surface area contributed by atoms with Crippen molar-refractivity contribution in [1.29, 1.82) is 0 Å². The van der Waals surface area contributed by atoms with Gasteiger partial charge in [0.2, 0.25) is 0 Å². The second-order valence-electron chi connectivity index (χ2n) is 8.21. The minimum atomic E-state index is -1.23. The summed E-state index contributed by atoms with van der Waals surface area (Å²) in [5, 5.41) is 2.81. The first-order valence-electron chi connectivity index (χ1n) is 11.1. The maximum Gasteiger partial charge on any atom is 0.323 e. The molecule has 0 saturated carbocycles. The van der Waals surface area contributed by atoms with Crippen LogP contribution in [0, 0.1) is 5.82 Å². The molecule has 2 aliphatic rings. The molecule has 5 rings (SSSR count). The molecule has 0 aliphatic carbocycles. The number of carbonyl (C=O) groups is 2. The molecule has 1 spiro atoms. The summed E-state index contributed by atoms with van der Waals surface area (Å²) in [6.45, 7) is 0.707.